The third kappa shape index (κ3) is 32.2. The molecule has 2 amide bonds. The largest absolute Gasteiger partial charge is 0.352 e. The number of primary amides is 2. The SMILES string of the molecule is C#N.NC(N)=O.c1c[nH]cn1. The number of hydrogen-bond acceptors (Lipinski definition) is 3. The van der Waals surface area contributed by atoms with Gasteiger partial charge in [-0.1, -0.05) is 0 Å². The number of urea groups is 1. The van der Waals surface area contributed by atoms with Crippen LogP contribution in [0.4, 0.5) is 4.79 Å². The molecule has 0 radical (unpaired) electrons. The van der Waals surface area contributed by atoms with Crippen LogP contribution in [-0.4, -0.2) is 16.0 Å². The molecule has 0 spiro atoms. The molecule has 1 heterocycles. The first-order valence-electron chi connectivity index (χ1n) is 2.47. The molecule has 6 heteroatoms. The first-order chi connectivity index (χ1) is 5.23. The highest BCUT2D eigenvalue weighted by atomic mass is 16.2. The van der Waals surface area contributed by atoms with Crippen molar-refractivity contribution < 1.29 is 4.79 Å². The summed E-state index contributed by atoms with van der Waals surface area (Å²) < 4.78 is 0. The van der Waals surface area contributed by atoms with Crippen molar-refractivity contribution in [3.05, 3.63) is 18.7 Å². The molecule has 0 atom stereocenters. The van der Waals surface area contributed by atoms with Gasteiger partial charge in [-0.15, -0.1) is 0 Å². The Bertz CT molecular complexity index is 159. The van der Waals surface area contributed by atoms with Crippen LogP contribution in [0.25, 0.3) is 0 Å². The molecular weight excluding hydrogens is 146 g/mol. The molecule has 5 N–H and O–H groups in total. The van der Waals surface area contributed by atoms with E-state index in [1.807, 2.05) is 0 Å². The van der Waals surface area contributed by atoms with Crippen molar-refractivity contribution in [1.29, 1.82) is 5.26 Å². The van der Waals surface area contributed by atoms with Gasteiger partial charge in [0.05, 0.1) is 6.33 Å². The minimum absolute atomic E-state index is 0.833. The maximum Gasteiger partial charge on any atom is 0.309 e. The van der Waals surface area contributed by atoms with E-state index < -0.39 is 6.03 Å². The first-order valence-corrected chi connectivity index (χ1v) is 2.47. The van der Waals surface area contributed by atoms with E-state index in [1.54, 1.807) is 18.7 Å². The number of hydrogen-bond donors (Lipinski definition) is 3. The van der Waals surface area contributed by atoms with Gasteiger partial charge < -0.3 is 16.5 Å². The normalized spacial score (nSPS) is 6.00. The highest BCUT2D eigenvalue weighted by Gasteiger charge is 1.60. The van der Waals surface area contributed by atoms with Gasteiger partial charge in [0.2, 0.25) is 0 Å². The predicted molar refractivity (Wildman–Crippen MR) is 39.0 cm³/mol. The van der Waals surface area contributed by atoms with Crippen LogP contribution in [0.3, 0.4) is 0 Å². The van der Waals surface area contributed by atoms with Crippen molar-refractivity contribution in [2.24, 2.45) is 11.5 Å². The number of H-pyrrole nitrogens is 1. The minimum atomic E-state index is -0.833. The molecule has 0 aliphatic rings. The molecular formula is C5H9N5O. The number of amides is 2. The number of imidazole rings is 1. The lowest BCUT2D eigenvalue weighted by molar-refractivity contribution is 0.256. The summed E-state index contributed by atoms with van der Waals surface area (Å²) in [5.41, 5.74) is 8.50. The Morgan fingerprint density at radius 3 is 2.09 bits per heavy atom. The van der Waals surface area contributed by atoms with Crippen LogP contribution < -0.4 is 11.5 Å². The molecule has 0 unspecified atom stereocenters. The van der Waals surface area contributed by atoms with Crippen LogP contribution in [0.15, 0.2) is 18.7 Å². The fourth-order valence-electron chi connectivity index (χ4n) is 0.215. The molecule has 1 aromatic heterocycles. The van der Waals surface area contributed by atoms with E-state index in [0.717, 1.165) is 0 Å². The second-order valence-corrected chi connectivity index (χ2v) is 1.16. The number of carbonyl (C=O) groups excluding carboxylic acids is 1. The molecule has 1 aromatic rings. The number of nitriles is 1. The zero-order chi connectivity index (χ0) is 9.11. The van der Waals surface area contributed by atoms with Gasteiger partial charge in [0.15, 0.2) is 0 Å². The van der Waals surface area contributed by atoms with E-state index in [1.165, 1.54) is 0 Å². The average Bonchev–Trinajstić information content (AvgIpc) is 2.44. The molecule has 0 aliphatic heterocycles. The summed E-state index contributed by atoms with van der Waals surface area (Å²) in [5.74, 6) is 0. The quantitative estimate of drug-likeness (QED) is 0.471. The highest BCUT2D eigenvalue weighted by Crippen LogP contribution is 1.62. The fourth-order valence-corrected chi connectivity index (χ4v) is 0.215. The van der Waals surface area contributed by atoms with E-state index in [-0.39, 0.29) is 0 Å². The summed E-state index contributed by atoms with van der Waals surface area (Å²) >= 11 is 0. The molecule has 0 bridgehead atoms. The number of rotatable bonds is 0. The molecule has 6 nitrogen and oxygen atoms in total. The van der Waals surface area contributed by atoms with Gasteiger partial charge >= 0.3 is 6.03 Å². The lowest BCUT2D eigenvalue weighted by Gasteiger charge is -1.62. The van der Waals surface area contributed by atoms with Gasteiger partial charge in [-0.3, -0.25) is 0 Å². The molecule has 0 fully saturated rings. The van der Waals surface area contributed by atoms with Gasteiger partial charge in [0.25, 0.3) is 0 Å². The lowest BCUT2D eigenvalue weighted by Crippen LogP contribution is -2.18. The summed E-state index contributed by atoms with van der Waals surface area (Å²) in [7, 11) is 0. The van der Waals surface area contributed by atoms with Crippen LogP contribution in [0.2, 0.25) is 0 Å². The zero-order valence-corrected chi connectivity index (χ0v) is 5.77. The Labute approximate surface area is 63.8 Å². The second kappa shape index (κ2) is 10.9. The van der Waals surface area contributed by atoms with Gasteiger partial charge in [0, 0.05) is 19.0 Å². The van der Waals surface area contributed by atoms with E-state index in [2.05, 4.69) is 28.0 Å². The van der Waals surface area contributed by atoms with E-state index in [0.29, 0.717) is 0 Å². The molecule has 0 aromatic carbocycles. The third-order valence-electron chi connectivity index (χ3n) is 0.406. The monoisotopic (exact) mass is 155 g/mol. The summed E-state index contributed by atoms with van der Waals surface area (Å²) in [6.45, 7) is 3.50. The number of nitrogens with two attached hydrogens (primary N) is 2. The molecule has 60 valence electrons. The Morgan fingerprint density at radius 1 is 1.55 bits per heavy atom. The predicted octanol–water partition coefficient (Wildman–Crippen LogP) is -0.427. The van der Waals surface area contributed by atoms with Crippen molar-refractivity contribution in [2.45, 2.75) is 0 Å². The minimum Gasteiger partial charge on any atom is -0.352 e. The zero-order valence-electron chi connectivity index (χ0n) is 5.77. The van der Waals surface area contributed by atoms with Gasteiger partial charge in [-0.2, -0.15) is 0 Å². The maximum absolute atomic E-state index is 9.00. The summed E-state index contributed by atoms with van der Waals surface area (Å²) in [6, 6.07) is -0.833. The van der Waals surface area contributed by atoms with Crippen LogP contribution in [-0.2, 0) is 0 Å². The van der Waals surface area contributed by atoms with Crippen LogP contribution in [0.5, 0.6) is 0 Å². The van der Waals surface area contributed by atoms with Crippen LogP contribution in [0, 0.1) is 11.8 Å². The van der Waals surface area contributed by atoms with Crippen LogP contribution >= 0.6 is 0 Å². The van der Waals surface area contributed by atoms with E-state index in [4.69, 9.17) is 10.1 Å². The number of aromatic amines is 1. The fraction of sp³-hybridized carbons (Fsp3) is 0. The summed E-state index contributed by atoms with van der Waals surface area (Å²) in [5, 5.41) is 6.50. The molecule has 0 aliphatic carbocycles. The first kappa shape index (κ1) is 11.7. The van der Waals surface area contributed by atoms with E-state index >= 15 is 0 Å². The number of carbonyl (C=O) groups is 1. The average molecular weight is 155 g/mol. The van der Waals surface area contributed by atoms with Crippen molar-refractivity contribution >= 4 is 6.03 Å². The topological polar surface area (TPSA) is 122 Å². The number of nitrogens with zero attached hydrogens (tertiary/aromatic N) is 2. The lowest BCUT2D eigenvalue weighted by atomic mass is 11.0. The van der Waals surface area contributed by atoms with Crippen molar-refractivity contribution in [3.8, 4) is 6.57 Å². The van der Waals surface area contributed by atoms with Crippen molar-refractivity contribution in [3.63, 3.8) is 0 Å². The highest BCUT2D eigenvalue weighted by molar-refractivity contribution is 5.69. The number of aromatic nitrogens is 2. The van der Waals surface area contributed by atoms with Gasteiger partial charge in [-0.05, 0) is 0 Å². The Balaban J connectivity index is 0. The van der Waals surface area contributed by atoms with E-state index in [9.17, 15) is 0 Å². The second-order valence-electron chi connectivity index (χ2n) is 1.16. The standard InChI is InChI=1S/C3H4N2.CH4N2O.CHN/c1-2-5-3-4-1;2-1(3)4;1-2/h1-3H,(H,4,5);(H4,2,3,4);1H. The Kier molecular flexibility index (Phi) is 11.6. The Morgan fingerprint density at radius 2 is 2.00 bits per heavy atom. The summed E-state index contributed by atoms with van der Waals surface area (Å²) in [4.78, 5) is 15.4. The number of nitrogens with one attached hydrogen (secondary N) is 1. The van der Waals surface area contributed by atoms with Crippen LogP contribution in [0.1, 0.15) is 0 Å². The van der Waals surface area contributed by atoms with Gasteiger partial charge in [-0.25, -0.2) is 15.0 Å². The summed E-state index contributed by atoms with van der Waals surface area (Å²) in [6.07, 6.45) is 5.08. The smallest absolute Gasteiger partial charge is 0.309 e. The molecule has 11 heavy (non-hydrogen) atoms. The molecule has 0 saturated heterocycles. The Hall–Kier alpha value is -2.03. The maximum atomic E-state index is 9.00. The molecule has 0 saturated carbocycles. The van der Waals surface area contributed by atoms with Gasteiger partial charge in [0.1, 0.15) is 0 Å². The molecule has 1 rings (SSSR count). The van der Waals surface area contributed by atoms with Crippen molar-refractivity contribution in [1.82, 2.24) is 9.97 Å². The van der Waals surface area contributed by atoms with Crippen molar-refractivity contribution in [2.75, 3.05) is 0 Å². The third-order valence-corrected chi connectivity index (χ3v) is 0.406.